The van der Waals surface area contributed by atoms with E-state index in [1.165, 1.54) is 0 Å². The molecule has 11 heteroatoms. The monoisotopic (exact) mass is 972 g/mol. The van der Waals surface area contributed by atoms with Crippen LogP contribution in [0.25, 0.3) is 0 Å². The van der Waals surface area contributed by atoms with Gasteiger partial charge in [-0.25, -0.2) is 0 Å². The third kappa shape index (κ3) is 14.8. The molecule has 0 unspecified atom stereocenters. The van der Waals surface area contributed by atoms with Gasteiger partial charge in [0, 0.05) is 0 Å². The maximum absolute atomic E-state index is 12.7. The van der Waals surface area contributed by atoms with E-state index in [0.29, 0.717) is 13.2 Å². The average molecular weight is 973 g/mol. The van der Waals surface area contributed by atoms with Crippen molar-refractivity contribution in [3.63, 3.8) is 0 Å². The fraction of sp³-hybridized carbons (Fsp3) is 0.311. The first-order valence-corrected chi connectivity index (χ1v) is 24.8. The predicted molar refractivity (Wildman–Crippen MR) is 272 cm³/mol. The Morgan fingerprint density at radius 1 is 0.292 bits per heavy atom. The Bertz CT molecular complexity index is 2540. The highest BCUT2D eigenvalue weighted by Gasteiger charge is 2.54. The predicted octanol–water partition coefficient (Wildman–Crippen LogP) is 10.2. The number of hydrogen-bond donors (Lipinski definition) is 1. The molecule has 374 valence electrons. The molecule has 7 aromatic rings. The van der Waals surface area contributed by atoms with Crippen LogP contribution in [0.5, 0.6) is 0 Å². The molecule has 10 atom stereocenters. The molecule has 0 amide bonds. The fourth-order valence-corrected chi connectivity index (χ4v) is 8.91. The van der Waals surface area contributed by atoms with Crippen molar-refractivity contribution in [1.29, 1.82) is 0 Å². The van der Waals surface area contributed by atoms with Crippen molar-refractivity contribution in [1.82, 2.24) is 0 Å². The lowest BCUT2D eigenvalue weighted by atomic mass is 9.96. The Kier molecular flexibility index (Phi) is 19.3. The Morgan fingerprint density at radius 2 is 0.583 bits per heavy atom. The lowest BCUT2D eigenvalue weighted by Crippen LogP contribution is -2.66. The van der Waals surface area contributed by atoms with Gasteiger partial charge in [-0.2, -0.15) is 0 Å². The Morgan fingerprint density at radius 3 is 0.972 bits per heavy atom. The number of hydrogen-bond acceptors (Lipinski definition) is 11. The van der Waals surface area contributed by atoms with Crippen molar-refractivity contribution >= 4 is 0 Å². The summed E-state index contributed by atoms with van der Waals surface area (Å²) >= 11 is 0. The second-order valence-corrected chi connectivity index (χ2v) is 18.0. The van der Waals surface area contributed by atoms with Crippen LogP contribution in [-0.4, -0.2) is 79.7 Å². The van der Waals surface area contributed by atoms with Crippen LogP contribution in [0.3, 0.4) is 0 Å². The van der Waals surface area contributed by atoms with Crippen LogP contribution < -0.4 is 0 Å². The van der Waals surface area contributed by atoms with Crippen LogP contribution >= 0.6 is 0 Å². The lowest BCUT2D eigenvalue weighted by molar-refractivity contribution is -0.376. The van der Waals surface area contributed by atoms with Gasteiger partial charge >= 0.3 is 0 Å². The molecule has 9 rings (SSSR count). The molecule has 1 N–H and O–H groups in total. The summed E-state index contributed by atoms with van der Waals surface area (Å²) in [6.45, 7) is 1.86. The summed E-state index contributed by atoms with van der Waals surface area (Å²) in [6, 6.07) is 69.4. The SMILES string of the molecule is O[C@H]1[C@@H](OCc2ccccc2)[C@@H](COCc2ccccc2)O[C@@H](O[C@H]2[C@H](OCc3ccccc3)[C@@H](OCc3ccccc3)[C@H](OCc3ccccc3)O[C@@H]2COCc2ccccc2)[C@@H]1OCc1ccccc1. The molecule has 0 bridgehead atoms. The van der Waals surface area contributed by atoms with E-state index in [9.17, 15) is 5.11 Å². The van der Waals surface area contributed by atoms with Crippen LogP contribution in [0, 0.1) is 0 Å². The number of aliphatic hydroxyl groups excluding tert-OH is 1. The smallest absolute Gasteiger partial charge is 0.187 e. The molecule has 2 aliphatic heterocycles. The molecule has 0 spiro atoms. The Hall–Kier alpha value is -5.90. The summed E-state index contributed by atoms with van der Waals surface area (Å²) < 4.78 is 68.3. The van der Waals surface area contributed by atoms with Crippen molar-refractivity contribution in [3.05, 3.63) is 251 Å². The molecule has 0 radical (unpaired) electrons. The second kappa shape index (κ2) is 27.2. The summed E-state index contributed by atoms with van der Waals surface area (Å²) in [6.07, 6.45) is -9.53. The van der Waals surface area contributed by atoms with Crippen molar-refractivity contribution in [2.75, 3.05) is 13.2 Å². The van der Waals surface area contributed by atoms with Crippen molar-refractivity contribution < 1.29 is 52.5 Å². The van der Waals surface area contributed by atoms with Crippen LogP contribution in [0.15, 0.2) is 212 Å². The Balaban J connectivity index is 1.08. The largest absolute Gasteiger partial charge is 0.387 e. The van der Waals surface area contributed by atoms with E-state index < -0.39 is 61.4 Å². The van der Waals surface area contributed by atoms with Crippen LogP contribution in [0.4, 0.5) is 0 Å². The zero-order valence-electron chi connectivity index (χ0n) is 40.4. The number of aliphatic hydroxyl groups is 1. The lowest BCUT2D eigenvalue weighted by Gasteiger charge is -2.49. The van der Waals surface area contributed by atoms with Crippen LogP contribution in [0.2, 0.25) is 0 Å². The molecular weight excluding hydrogens is 909 g/mol. The first-order valence-electron chi connectivity index (χ1n) is 24.8. The first-order chi connectivity index (χ1) is 35.6. The third-order valence-corrected chi connectivity index (χ3v) is 12.7. The molecule has 2 heterocycles. The van der Waals surface area contributed by atoms with E-state index in [4.69, 9.17) is 47.4 Å². The van der Waals surface area contributed by atoms with Gasteiger partial charge < -0.3 is 52.5 Å². The van der Waals surface area contributed by atoms with Gasteiger partial charge in [0.2, 0.25) is 0 Å². The quantitative estimate of drug-likeness (QED) is 0.0591. The topological polar surface area (TPSA) is 113 Å². The van der Waals surface area contributed by atoms with Gasteiger partial charge in [-0.15, -0.1) is 0 Å². The molecule has 7 aromatic carbocycles. The molecule has 0 aliphatic carbocycles. The Labute approximate surface area is 423 Å². The second-order valence-electron chi connectivity index (χ2n) is 18.0. The van der Waals surface area contributed by atoms with Crippen LogP contribution in [0.1, 0.15) is 38.9 Å². The van der Waals surface area contributed by atoms with Gasteiger partial charge in [-0.3, -0.25) is 0 Å². The zero-order valence-corrected chi connectivity index (χ0v) is 40.4. The molecule has 2 saturated heterocycles. The molecule has 2 aliphatic rings. The number of rotatable bonds is 25. The highest BCUT2D eigenvalue weighted by Crippen LogP contribution is 2.36. The average Bonchev–Trinajstić information content (AvgIpc) is 3.43. The fourth-order valence-electron chi connectivity index (χ4n) is 8.91. The maximum Gasteiger partial charge on any atom is 0.187 e. The zero-order chi connectivity index (χ0) is 49.0. The van der Waals surface area contributed by atoms with E-state index in [2.05, 4.69) is 0 Å². The van der Waals surface area contributed by atoms with Gasteiger partial charge in [0.25, 0.3) is 0 Å². The molecule has 0 aromatic heterocycles. The molecule has 11 nitrogen and oxygen atoms in total. The molecule has 0 saturated carbocycles. The minimum atomic E-state index is -1.24. The van der Waals surface area contributed by atoms with Crippen molar-refractivity contribution in [3.8, 4) is 0 Å². The summed E-state index contributed by atoms with van der Waals surface area (Å²) in [5.74, 6) is 0. The van der Waals surface area contributed by atoms with E-state index in [0.717, 1.165) is 38.9 Å². The highest BCUT2D eigenvalue weighted by molar-refractivity contribution is 5.19. The molecule has 2 fully saturated rings. The normalized spacial score (nSPS) is 24.2. The summed E-state index contributed by atoms with van der Waals surface area (Å²) in [5.41, 5.74) is 6.71. The van der Waals surface area contributed by atoms with Gasteiger partial charge in [0.05, 0.1) is 59.5 Å². The van der Waals surface area contributed by atoms with E-state index in [1.54, 1.807) is 0 Å². The summed E-state index contributed by atoms with van der Waals surface area (Å²) in [7, 11) is 0. The number of benzene rings is 7. The van der Waals surface area contributed by atoms with Gasteiger partial charge in [0.15, 0.2) is 12.6 Å². The van der Waals surface area contributed by atoms with E-state index in [-0.39, 0.29) is 46.2 Å². The minimum absolute atomic E-state index is 0.0770. The van der Waals surface area contributed by atoms with Gasteiger partial charge in [-0.05, 0) is 38.9 Å². The third-order valence-electron chi connectivity index (χ3n) is 12.7. The standard InChI is InChI=1S/C61H64O11/c62-54-55(65-38-47-26-12-3-13-27-47)52(43-63-36-45-22-8-1-9-23-45)71-61(57(54)66-39-48-28-14-4-15-29-48)72-56-53(44-64-37-46-24-10-2-11-25-46)70-60(69-42-51-34-20-7-21-35-51)59(68-41-50-32-18-6-19-33-50)58(56)67-40-49-30-16-5-17-31-49/h1-35,52-62H,36-44H2/t52-,53-,54+,55+,56-,57-,58+,59-,60-,61+/m1/s1. The van der Waals surface area contributed by atoms with E-state index >= 15 is 0 Å². The van der Waals surface area contributed by atoms with Crippen molar-refractivity contribution in [2.24, 2.45) is 0 Å². The van der Waals surface area contributed by atoms with Gasteiger partial charge in [-0.1, -0.05) is 212 Å². The minimum Gasteiger partial charge on any atom is -0.387 e. The molecular formula is C61H64O11. The maximum atomic E-state index is 12.7. The summed E-state index contributed by atoms with van der Waals surface area (Å²) in [4.78, 5) is 0. The van der Waals surface area contributed by atoms with Crippen LogP contribution in [-0.2, 0) is 93.6 Å². The first kappa shape index (κ1) is 51.0. The van der Waals surface area contributed by atoms with E-state index in [1.807, 2.05) is 212 Å². The van der Waals surface area contributed by atoms with Crippen molar-refractivity contribution in [2.45, 2.75) is 108 Å². The molecule has 72 heavy (non-hydrogen) atoms. The number of ether oxygens (including phenoxy) is 10. The highest BCUT2D eigenvalue weighted by atomic mass is 16.8. The summed E-state index contributed by atoms with van der Waals surface area (Å²) in [5, 5.41) is 12.7. The van der Waals surface area contributed by atoms with Gasteiger partial charge in [0.1, 0.15) is 48.8 Å².